The number of rotatable bonds is 8. The number of aliphatic carboxylic acids is 1. The van der Waals surface area contributed by atoms with Crippen molar-refractivity contribution in [2.75, 3.05) is 0 Å². The Labute approximate surface area is 196 Å². The van der Waals surface area contributed by atoms with E-state index in [9.17, 15) is 19.8 Å². The summed E-state index contributed by atoms with van der Waals surface area (Å²) in [7, 11) is 0. The molecule has 1 aromatic carbocycles. The van der Waals surface area contributed by atoms with Gasteiger partial charge in [0, 0.05) is 11.4 Å². The minimum absolute atomic E-state index is 0. The molecule has 0 aliphatic rings. The average molecular weight is 394 g/mol. The van der Waals surface area contributed by atoms with Crippen LogP contribution < -0.4 is 61.8 Å². The summed E-state index contributed by atoms with van der Waals surface area (Å²) in [6, 6.07) is 5.67. The van der Waals surface area contributed by atoms with Crippen LogP contribution in [0, 0.1) is 5.92 Å². The summed E-state index contributed by atoms with van der Waals surface area (Å²) in [6.45, 7) is 6.95. The molecule has 0 radical (unpaired) electrons. The van der Waals surface area contributed by atoms with E-state index in [4.69, 9.17) is 11.6 Å². The molecular formula is C18H25ClKNO4. The fourth-order valence-electron chi connectivity index (χ4n) is 2.53. The van der Waals surface area contributed by atoms with Crippen LogP contribution >= 0.6 is 11.6 Å². The number of carbonyl (C=O) groups excluding carboxylic acids is 2. The van der Waals surface area contributed by atoms with E-state index in [0.717, 1.165) is 5.56 Å². The van der Waals surface area contributed by atoms with Crippen LogP contribution in [-0.2, 0) is 9.59 Å². The zero-order chi connectivity index (χ0) is 18.5. The third kappa shape index (κ3) is 9.52. The molecule has 5 nitrogen and oxygen atoms in total. The number of carbonyl (C=O) groups is 2. The summed E-state index contributed by atoms with van der Waals surface area (Å²) < 4.78 is 0. The van der Waals surface area contributed by atoms with E-state index in [-0.39, 0.29) is 63.7 Å². The van der Waals surface area contributed by atoms with Gasteiger partial charge in [0.1, 0.15) is 0 Å². The van der Waals surface area contributed by atoms with Crippen molar-refractivity contribution in [1.29, 1.82) is 0 Å². The molecule has 0 aliphatic carbocycles. The first-order chi connectivity index (χ1) is 11.0. The van der Waals surface area contributed by atoms with Crippen LogP contribution in [0.15, 0.2) is 24.3 Å². The Morgan fingerprint density at radius 2 is 1.76 bits per heavy atom. The zero-order valence-corrected chi connectivity index (χ0v) is 19.4. The minimum atomic E-state index is -1.41. The molecule has 0 fully saturated rings. The predicted octanol–water partition coefficient (Wildman–Crippen LogP) is -1.13. The number of hydrogen-bond acceptors (Lipinski definition) is 4. The maximum Gasteiger partial charge on any atom is 1.00 e. The molecule has 0 saturated carbocycles. The topological polar surface area (TPSA) is 89.5 Å². The quantitative estimate of drug-likeness (QED) is 0.547. The minimum Gasteiger partial charge on any atom is -0.548 e. The van der Waals surface area contributed by atoms with Crippen molar-refractivity contribution in [3.63, 3.8) is 0 Å². The molecule has 2 N–H and O–H groups in total. The molecule has 7 heteroatoms. The maximum atomic E-state index is 12.6. The van der Waals surface area contributed by atoms with Crippen LogP contribution in [0.5, 0.6) is 0 Å². The fourth-order valence-corrected chi connectivity index (χ4v) is 2.65. The molecule has 1 rings (SSSR count). The molecule has 0 aliphatic heterocycles. The van der Waals surface area contributed by atoms with Crippen LogP contribution in [0.3, 0.4) is 0 Å². The number of nitrogens with one attached hydrogen (secondary N) is 1. The normalized spacial score (nSPS) is 13.7. The van der Waals surface area contributed by atoms with Crippen molar-refractivity contribution in [3.8, 4) is 0 Å². The SMILES string of the molecule is CC(C)CC(C(=O)NC(CC(C)(C)O)C(=O)[O-])c1ccc(Cl)cc1.[K+]. The van der Waals surface area contributed by atoms with Gasteiger partial charge < -0.3 is 20.3 Å². The molecule has 0 bridgehead atoms. The van der Waals surface area contributed by atoms with E-state index in [1.807, 2.05) is 13.8 Å². The van der Waals surface area contributed by atoms with Gasteiger partial charge in [0.15, 0.2) is 0 Å². The first kappa shape index (κ1) is 25.0. The van der Waals surface area contributed by atoms with Crippen molar-refractivity contribution < 1.29 is 71.2 Å². The first-order valence-electron chi connectivity index (χ1n) is 7.98. The summed E-state index contributed by atoms with van der Waals surface area (Å²) in [4.78, 5) is 23.9. The zero-order valence-electron chi connectivity index (χ0n) is 15.5. The van der Waals surface area contributed by atoms with E-state index < -0.39 is 29.4 Å². The number of halogens is 1. The van der Waals surface area contributed by atoms with Crippen LogP contribution in [-0.4, -0.2) is 28.6 Å². The number of amides is 1. The van der Waals surface area contributed by atoms with Crippen LogP contribution in [0.2, 0.25) is 5.02 Å². The molecule has 1 amide bonds. The summed E-state index contributed by atoms with van der Waals surface area (Å²) >= 11 is 5.89. The Bertz CT molecular complexity index is 569. The Hall–Kier alpha value is 0.0464. The number of benzene rings is 1. The standard InChI is InChI=1S/C18H26ClNO4.K/c1-11(2)9-14(12-5-7-13(19)8-6-12)16(21)20-15(17(22)23)10-18(3,4)24;/h5-8,11,14-15,24H,9-10H2,1-4H3,(H,20,21)(H,22,23);/q;+1/p-1. The van der Waals surface area contributed by atoms with Gasteiger partial charge in [-0.05, 0) is 43.9 Å². The molecule has 2 atom stereocenters. The average Bonchev–Trinajstić information content (AvgIpc) is 2.43. The molecule has 2 unspecified atom stereocenters. The molecular weight excluding hydrogens is 369 g/mol. The second-order valence-corrected chi connectivity index (χ2v) is 7.57. The van der Waals surface area contributed by atoms with Gasteiger partial charge in [0.25, 0.3) is 0 Å². The Morgan fingerprint density at radius 3 is 2.16 bits per heavy atom. The van der Waals surface area contributed by atoms with E-state index in [2.05, 4.69) is 5.32 Å². The van der Waals surface area contributed by atoms with E-state index in [0.29, 0.717) is 11.4 Å². The Kier molecular flexibility index (Phi) is 11.0. The van der Waals surface area contributed by atoms with Gasteiger partial charge in [0.2, 0.25) is 5.91 Å². The van der Waals surface area contributed by atoms with E-state index in [1.165, 1.54) is 13.8 Å². The smallest absolute Gasteiger partial charge is 0.548 e. The summed E-state index contributed by atoms with van der Waals surface area (Å²) in [5.41, 5.74) is -0.461. The molecule has 0 saturated heterocycles. The first-order valence-corrected chi connectivity index (χ1v) is 8.36. The number of carboxylic acids is 1. The molecule has 0 aromatic heterocycles. The van der Waals surface area contributed by atoms with Gasteiger partial charge in [-0.15, -0.1) is 0 Å². The largest absolute Gasteiger partial charge is 1.00 e. The van der Waals surface area contributed by atoms with Crippen molar-refractivity contribution in [2.45, 2.75) is 58.1 Å². The van der Waals surface area contributed by atoms with Crippen molar-refractivity contribution in [1.82, 2.24) is 5.32 Å². The number of carboxylic acid groups (broad SMARTS) is 1. The van der Waals surface area contributed by atoms with Gasteiger partial charge >= 0.3 is 51.4 Å². The van der Waals surface area contributed by atoms with Crippen molar-refractivity contribution in [2.24, 2.45) is 5.92 Å². The summed E-state index contributed by atoms with van der Waals surface area (Å²) in [6.07, 6.45) is 0.436. The summed E-state index contributed by atoms with van der Waals surface area (Å²) in [5.74, 6) is -2.06. The predicted molar refractivity (Wildman–Crippen MR) is 91.5 cm³/mol. The fraction of sp³-hybridized carbons (Fsp3) is 0.556. The second kappa shape index (κ2) is 11.0. The van der Waals surface area contributed by atoms with E-state index >= 15 is 0 Å². The Balaban J connectivity index is 0.00000576. The maximum absolute atomic E-state index is 12.6. The van der Waals surface area contributed by atoms with Gasteiger partial charge in [-0.25, -0.2) is 0 Å². The third-order valence-electron chi connectivity index (χ3n) is 3.60. The number of aliphatic hydroxyl groups is 1. The molecule has 0 heterocycles. The van der Waals surface area contributed by atoms with Crippen molar-refractivity contribution in [3.05, 3.63) is 34.9 Å². The van der Waals surface area contributed by atoms with Gasteiger partial charge in [-0.2, -0.15) is 0 Å². The molecule has 1 aromatic rings. The summed E-state index contributed by atoms with van der Waals surface area (Å²) in [5, 5.41) is 24.2. The molecule has 0 spiro atoms. The van der Waals surface area contributed by atoms with Crippen LogP contribution in [0.25, 0.3) is 0 Å². The van der Waals surface area contributed by atoms with Gasteiger partial charge in [0.05, 0.1) is 23.5 Å². The van der Waals surface area contributed by atoms with Crippen LogP contribution in [0.4, 0.5) is 0 Å². The Morgan fingerprint density at radius 1 is 1.24 bits per heavy atom. The van der Waals surface area contributed by atoms with Crippen molar-refractivity contribution >= 4 is 23.5 Å². The molecule has 25 heavy (non-hydrogen) atoms. The van der Waals surface area contributed by atoms with Gasteiger partial charge in [-0.3, -0.25) is 4.79 Å². The van der Waals surface area contributed by atoms with Crippen LogP contribution in [0.1, 0.15) is 52.0 Å². The third-order valence-corrected chi connectivity index (χ3v) is 3.85. The molecule has 134 valence electrons. The monoisotopic (exact) mass is 393 g/mol. The number of hydrogen-bond donors (Lipinski definition) is 2. The second-order valence-electron chi connectivity index (χ2n) is 7.13. The van der Waals surface area contributed by atoms with E-state index in [1.54, 1.807) is 24.3 Å². The van der Waals surface area contributed by atoms with Gasteiger partial charge in [-0.1, -0.05) is 37.6 Å².